The molecule has 0 spiro atoms. The van der Waals surface area contributed by atoms with Crippen LogP contribution in [0, 0.1) is 12.7 Å². The highest BCUT2D eigenvalue weighted by Gasteiger charge is 2.19. The number of carbonyl (C=O) groups excluding carboxylic acids is 1. The number of benzene rings is 2. The number of halogens is 1. The molecule has 0 N–H and O–H groups in total. The SMILES string of the molecule is Cc1c(C(=O)N(C)c2ccccc2)cnn1-c1ccc(F)cc1. The summed E-state index contributed by atoms with van der Waals surface area (Å²) in [6.45, 7) is 1.82. The smallest absolute Gasteiger partial charge is 0.261 e. The molecule has 23 heavy (non-hydrogen) atoms. The average molecular weight is 309 g/mol. The van der Waals surface area contributed by atoms with Crippen molar-refractivity contribution in [1.82, 2.24) is 9.78 Å². The number of carbonyl (C=O) groups is 1. The quantitative estimate of drug-likeness (QED) is 0.741. The number of hydrogen-bond acceptors (Lipinski definition) is 2. The number of hydrogen-bond donors (Lipinski definition) is 0. The van der Waals surface area contributed by atoms with E-state index in [1.807, 2.05) is 37.3 Å². The number of rotatable bonds is 3. The van der Waals surface area contributed by atoms with E-state index >= 15 is 0 Å². The van der Waals surface area contributed by atoms with Crippen molar-refractivity contribution >= 4 is 11.6 Å². The number of para-hydroxylation sites is 1. The van der Waals surface area contributed by atoms with Crippen LogP contribution in [0.5, 0.6) is 0 Å². The first-order valence-corrected chi connectivity index (χ1v) is 7.21. The second-order valence-electron chi connectivity index (χ2n) is 5.23. The Labute approximate surface area is 133 Å². The van der Waals surface area contributed by atoms with Crippen molar-refractivity contribution in [2.75, 3.05) is 11.9 Å². The Morgan fingerprint density at radius 2 is 1.74 bits per heavy atom. The van der Waals surface area contributed by atoms with E-state index < -0.39 is 0 Å². The maximum atomic E-state index is 13.0. The molecule has 0 unspecified atom stereocenters. The van der Waals surface area contributed by atoms with E-state index in [-0.39, 0.29) is 11.7 Å². The van der Waals surface area contributed by atoms with Crippen LogP contribution in [0.4, 0.5) is 10.1 Å². The third kappa shape index (κ3) is 2.85. The first kappa shape index (κ1) is 15.0. The molecule has 1 aromatic heterocycles. The predicted molar refractivity (Wildman–Crippen MR) is 87.4 cm³/mol. The zero-order valence-electron chi connectivity index (χ0n) is 12.9. The van der Waals surface area contributed by atoms with Crippen molar-refractivity contribution in [3.8, 4) is 5.69 Å². The molecule has 2 aromatic carbocycles. The molecule has 116 valence electrons. The monoisotopic (exact) mass is 309 g/mol. The van der Waals surface area contributed by atoms with Crippen molar-refractivity contribution in [3.05, 3.63) is 77.9 Å². The average Bonchev–Trinajstić information content (AvgIpc) is 2.96. The van der Waals surface area contributed by atoms with Gasteiger partial charge in [-0.1, -0.05) is 18.2 Å². The summed E-state index contributed by atoms with van der Waals surface area (Å²) in [5.41, 5.74) is 2.75. The Bertz CT molecular complexity index is 825. The Hall–Kier alpha value is -2.95. The van der Waals surface area contributed by atoms with Crippen LogP contribution < -0.4 is 4.90 Å². The summed E-state index contributed by atoms with van der Waals surface area (Å²) < 4.78 is 14.7. The fourth-order valence-corrected chi connectivity index (χ4v) is 2.41. The van der Waals surface area contributed by atoms with Gasteiger partial charge in [-0.3, -0.25) is 4.79 Å². The number of anilines is 1. The van der Waals surface area contributed by atoms with E-state index in [1.54, 1.807) is 35.0 Å². The lowest BCUT2D eigenvalue weighted by molar-refractivity contribution is 0.0992. The number of aromatic nitrogens is 2. The van der Waals surface area contributed by atoms with Crippen molar-refractivity contribution in [3.63, 3.8) is 0 Å². The normalized spacial score (nSPS) is 10.6. The summed E-state index contributed by atoms with van der Waals surface area (Å²) in [6, 6.07) is 15.4. The Balaban J connectivity index is 1.92. The Morgan fingerprint density at radius 3 is 2.39 bits per heavy atom. The molecule has 0 bridgehead atoms. The minimum absolute atomic E-state index is 0.137. The molecule has 3 aromatic rings. The van der Waals surface area contributed by atoms with E-state index in [2.05, 4.69) is 5.10 Å². The van der Waals surface area contributed by atoms with Crippen LogP contribution in [-0.2, 0) is 0 Å². The maximum absolute atomic E-state index is 13.0. The van der Waals surface area contributed by atoms with Crippen LogP contribution in [-0.4, -0.2) is 22.7 Å². The van der Waals surface area contributed by atoms with Gasteiger partial charge in [-0.2, -0.15) is 5.10 Å². The molecular formula is C18H16FN3O. The zero-order valence-corrected chi connectivity index (χ0v) is 12.9. The molecule has 0 saturated heterocycles. The van der Waals surface area contributed by atoms with Crippen molar-refractivity contribution < 1.29 is 9.18 Å². The van der Waals surface area contributed by atoms with Gasteiger partial charge in [0.1, 0.15) is 5.82 Å². The fourth-order valence-electron chi connectivity index (χ4n) is 2.41. The highest BCUT2D eigenvalue weighted by molar-refractivity contribution is 6.06. The zero-order chi connectivity index (χ0) is 16.4. The number of amides is 1. The third-order valence-corrected chi connectivity index (χ3v) is 3.76. The minimum atomic E-state index is -0.307. The molecule has 3 rings (SSSR count). The lowest BCUT2D eigenvalue weighted by atomic mass is 10.2. The second-order valence-corrected chi connectivity index (χ2v) is 5.23. The van der Waals surface area contributed by atoms with Crippen LogP contribution in [0.15, 0.2) is 60.8 Å². The minimum Gasteiger partial charge on any atom is -0.311 e. The van der Waals surface area contributed by atoms with Gasteiger partial charge in [-0.05, 0) is 43.3 Å². The molecule has 0 aliphatic carbocycles. The van der Waals surface area contributed by atoms with Gasteiger partial charge < -0.3 is 4.90 Å². The van der Waals surface area contributed by atoms with Crippen LogP contribution in [0.3, 0.4) is 0 Å². The fraction of sp³-hybridized carbons (Fsp3) is 0.111. The molecule has 0 radical (unpaired) electrons. The Kier molecular flexibility index (Phi) is 3.93. The highest BCUT2D eigenvalue weighted by Crippen LogP contribution is 2.19. The van der Waals surface area contributed by atoms with E-state index in [0.717, 1.165) is 5.69 Å². The van der Waals surface area contributed by atoms with E-state index in [1.165, 1.54) is 12.1 Å². The second kappa shape index (κ2) is 6.04. The molecule has 5 heteroatoms. The van der Waals surface area contributed by atoms with Gasteiger partial charge in [0.15, 0.2) is 0 Å². The van der Waals surface area contributed by atoms with E-state index in [4.69, 9.17) is 0 Å². The van der Waals surface area contributed by atoms with Gasteiger partial charge in [0.25, 0.3) is 5.91 Å². The maximum Gasteiger partial charge on any atom is 0.261 e. The molecule has 0 saturated carbocycles. The highest BCUT2D eigenvalue weighted by atomic mass is 19.1. The van der Waals surface area contributed by atoms with Gasteiger partial charge in [-0.25, -0.2) is 9.07 Å². The van der Waals surface area contributed by atoms with Crippen molar-refractivity contribution in [2.24, 2.45) is 0 Å². The summed E-state index contributed by atoms with van der Waals surface area (Å²) in [5.74, 6) is -0.444. The molecule has 0 aliphatic rings. The lowest BCUT2D eigenvalue weighted by Gasteiger charge is -2.17. The summed E-state index contributed by atoms with van der Waals surface area (Å²) >= 11 is 0. The van der Waals surface area contributed by atoms with E-state index in [9.17, 15) is 9.18 Å². The van der Waals surface area contributed by atoms with Crippen LogP contribution in [0.1, 0.15) is 16.1 Å². The predicted octanol–water partition coefficient (Wildman–Crippen LogP) is 3.60. The molecule has 0 aliphatic heterocycles. The molecule has 4 nitrogen and oxygen atoms in total. The topological polar surface area (TPSA) is 38.1 Å². The van der Waals surface area contributed by atoms with E-state index in [0.29, 0.717) is 16.9 Å². The summed E-state index contributed by atoms with van der Waals surface area (Å²) in [4.78, 5) is 14.3. The lowest BCUT2D eigenvalue weighted by Crippen LogP contribution is -2.26. The molecule has 0 atom stereocenters. The van der Waals surface area contributed by atoms with Gasteiger partial charge in [0.05, 0.1) is 23.1 Å². The van der Waals surface area contributed by atoms with Gasteiger partial charge in [0, 0.05) is 12.7 Å². The van der Waals surface area contributed by atoms with Gasteiger partial charge in [0.2, 0.25) is 0 Å². The first-order valence-electron chi connectivity index (χ1n) is 7.21. The van der Waals surface area contributed by atoms with Crippen LogP contribution >= 0.6 is 0 Å². The summed E-state index contributed by atoms with van der Waals surface area (Å²) in [5, 5.41) is 4.26. The molecule has 1 heterocycles. The third-order valence-electron chi connectivity index (χ3n) is 3.76. The van der Waals surface area contributed by atoms with Gasteiger partial charge in [-0.15, -0.1) is 0 Å². The van der Waals surface area contributed by atoms with Crippen LogP contribution in [0.25, 0.3) is 5.69 Å². The molecule has 0 fully saturated rings. The standard InChI is InChI=1S/C18H16FN3O/c1-13-17(18(23)21(2)15-6-4-3-5-7-15)12-20-22(13)16-10-8-14(19)9-11-16/h3-12H,1-2H3. The summed E-state index contributed by atoms with van der Waals surface area (Å²) in [7, 11) is 1.73. The Morgan fingerprint density at radius 1 is 1.09 bits per heavy atom. The molecular weight excluding hydrogens is 293 g/mol. The summed E-state index contributed by atoms with van der Waals surface area (Å²) in [6.07, 6.45) is 1.54. The van der Waals surface area contributed by atoms with Gasteiger partial charge >= 0.3 is 0 Å². The molecule has 1 amide bonds. The van der Waals surface area contributed by atoms with Crippen molar-refractivity contribution in [2.45, 2.75) is 6.92 Å². The number of nitrogens with zero attached hydrogens (tertiary/aromatic N) is 3. The largest absolute Gasteiger partial charge is 0.311 e. The van der Waals surface area contributed by atoms with Crippen molar-refractivity contribution in [1.29, 1.82) is 0 Å². The van der Waals surface area contributed by atoms with Crippen LogP contribution in [0.2, 0.25) is 0 Å². The first-order chi connectivity index (χ1) is 11.1.